The fourth-order valence-corrected chi connectivity index (χ4v) is 3.85. The Morgan fingerprint density at radius 2 is 1.68 bits per heavy atom. The summed E-state index contributed by atoms with van der Waals surface area (Å²) in [6.45, 7) is 9.84. The van der Waals surface area contributed by atoms with E-state index in [1.54, 1.807) is 13.0 Å². The van der Waals surface area contributed by atoms with Crippen molar-refractivity contribution in [2.24, 2.45) is 0 Å². The average Bonchev–Trinajstić information content (AvgIpc) is 2.79. The SMILES string of the molecule is CCCN(CC)CCNc1ccc(O)c(-c2cc(-c3ccccc3)ccc2C(C)=O)c1. The third-order valence-corrected chi connectivity index (χ3v) is 5.54. The molecule has 4 nitrogen and oxygen atoms in total. The molecule has 0 bridgehead atoms. The van der Waals surface area contributed by atoms with Crippen LogP contribution in [0.4, 0.5) is 5.69 Å². The molecule has 3 aromatic carbocycles. The molecule has 3 rings (SSSR count). The molecule has 31 heavy (non-hydrogen) atoms. The van der Waals surface area contributed by atoms with Gasteiger partial charge in [0.05, 0.1) is 0 Å². The monoisotopic (exact) mass is 416 g/mol. The zero-order chi connectivity index (χ0) is 22.2. The third kappa shape index (κ3) is 5.74. The predicted molar refractivity (Wildman–Crippen MR) is 130 cm³/mol. The highest BCUT2D eigenvalue weighted by molar-refractivity contribution is 6.02. The number of nitrogens with one attached hydrogen (secondary N) is 1. The summed E-state index contributed by atoms with van der Waals surface area (Å²) in [5, 5.41) is 14.1. The molecule has 0 spiro atoms. The first-order valence-corrected chi connectivity index (χ1v) is 11.0. The van der Waals surface area contributed by atoms with Crippen molar-refractivity contribution in [3.63, 3.8) is 0 Å². The van der Waals surface area contributed by atoms with E-state index in [4.69, 9.17) is 0 Å². The average molecular weight is 417 g/mol. The number of Topliss-reactive ketones (excluding diaryl/α,β-unsaturated/α-hetero) is 1. The molecule has 0 aliphatic heterocycles. The number of phenolic OH excluding ortho intramolecular Hbond substituents is 1. The van der Waals surface area contributed by atoms with Gasteiger partial charge in [0.1, 0.15) is 5.75 Å². The molecule has 4 heteroatoms. The van der Waals surface area contributed by atoms with Gasteiger partial charge in [0, 0.05) is 29.9 Å². The number of carbonyl (C=O) groups excluding carboxylic acids is 1. The van der Waals surface area contributed by atoms with E-state index in [0.29, 0.717) is 11.1 Å². The van der Waals surface area contributed by atoms with Gasteiger partial charge in [-0.1, -0.05) is 56.3 Å². The van der Waals surface area contributed by atoms with Gasteiger partial charge in [-0.15, -0.1) is 0 Å². The first-order valence-electron chi connectivity index (χ1n) is 11.0. The Morgan fingerprint density at radius 3 is 2.35 bits per heavy atom. The summed E-state index contributed by atoms with van der Waals surface area (Å²) in [7, 11) is 0. The molecule has 0 amide bonds. The van der Waals surface area contributed by atoms with Crippen LogP contribution in [0.25, 0.3) is 22.3 Å². The van der Waals surface area contributed by atoms with Crippen molar-refractivity contribution in [3.8, 4) is 28.0 Å². The van der Waals surface area contributed by atoms with E-state index in [1.807, 2.05) is 60.7 Å². The third-order valence-electron chi connectivity index (χ3n) is 5.54. The molecule has 0 saturated carbocycles. The molecule has 0 aliphatic rings. The van der Waals surface area contributed by atoms with Crippen LogP contribution >= 0.6 is 0 Å². The lowest BCUT2D eigenvalue weighted by Crippen LogP contribution is -2.29. The van der Waals surface area contributed by atoms with Crippen LogP contribution in [0.3, 0.4) is 0 Å². The van der Waals surface area contributed by atoms with E-state index in [9.17, 15) is 9.90 Å². The first-order chi connectivity index (χ1) is 15.0. The number of nitrogens with zero attached hydrogens (tertiary/aromatic N) is 1. The van der Waals surface area contributed by atoms with Crippen molar-refractivity contribution in [1.82, 2.24) is 4.90 Å². The van der Waals surface area contributed by atoms with Crippen molar-refractivity contribution in [2.45, 2.75) is 27.2 Å². The number of hydrogen-bond acceptors (Lipinski definition) is 4. The molecule has 0 atom stereocenters. The number of anilines is 1. The summed E-state index contributed by atoms with van der Waals surface area (Å²) < 4.78 is 0. The Balaban J connectivity index is 1.92. The second-order valence-electron chi connectivity index (χ2n) is 7.78. The van der Waals surface area contributed by atoms with Gasteiger partial charge in [-0.2, -0.15) is 0 Å². The number of aromatic hydroxyl groups is 1. The minimum Gasteiger partial charge on any atom is -0.507 e. The summed E-state index contributed by atoms with van der Waals surface area (Å²) in [5.41, 5.74) is 5.02. The van der Waals surface area contributed by atoms with Gasteiger partial charge in [0.2, 0.25) is 0 Å². The van der Waals surface area contributed by atoms with Crippen molar-refractivity contribution in [2.75, 3.05) is 31.5 Å². The summed E-state index contributed by atoms with van der Waals surface area (Å²) in [5.74, 6) is 0.143. The van der Waals surface area contributed by atoms with Crippen LogP contribution in [0, 0.1) is 0 Å². The van der Waals surface area contributed by atoms with Gasteiger partial charge in [-0.3, -0.25) is 4.79 Å². The van der Waals surface area contributed by atoms with Crippen LogP contribution in [0.2, 0.25) is 0 Å². The molecule has 0 unspecified atom stereocenters. The maximum atomic E-state index is 12.3. The number of carbonyl (C=O) groups is 1. The second kappa shape index (κ2) is 10.8. The van der Waals surface area contributed by atoms with E-state index in [0.717, 1.165) is 55.0 Å². The topological polar surface area (TPSA) is 52.6 Å². The van der Waals surface area contributed by atoms with E-state index in [-0.39, 0.29) is 11.5 Å². The Morgan fingerprint density at radius 1 is 0.903 bits per heavy atom. The highest BCUT2D eigenvalue weighted by atomic mass is 16.3. The van der Waals surface area contributed by atoms with Crippen LogP contribution < -0.4 is 5.32 Å². The largest absolute Gasteiger partial charge is 0.507 e. The van der Waals surface area contributed by atoms with Crippen LogP contribution in [-0.4, -0.2) is 42.0 Å². The molecular formula is C27H32N2O2. The second-order valence-corrected chi connectivity index (χ2v) is 7.78. The lowest BCUT2D eigenvalue weighted by molar-refractivity contribution is 0.101. The number of benzene rings is 3. The van der Waals surface area contributed by atoms with Crippen molar-refractivity contribution < 1.29 is 9.90 Å². The molecule has 2 N–H and O–H groups in total. The fourth-order valence-electron chi connectivity index (χ4n) is 3.85. The van der Waals surface area contributed by atoms with E-state index in [2.05, 4.69) is 24.1 Å². The normalized spacial score (nSPS) is 11.0. The molecule has 0 fully saturated rings. The fraction of sp³-hybridized carbons (Fsp3) is 0.296. The number of hydrogen-bond donors (Lipinski definition) is 2. The van der Waals surface area contributed by atoms with Gasteiger partial charge < -0.3 is 15.3 Å². The zero-order valence-electron chi connectivity index (χ0n) is 18.7. The van der Waals surface area contributed by atoms with Crippen LogP contribution in [0.5, 0.6) is 5.75 Å². The summed E-state index contributed by atoms with van der Waals surface area (Å²) >= 11 is 0. The molecule has 0 heterocycles. The number of rotatable bonds is 10. The van der Waals surface area contributed by atoms with E-state index < -0.39 is 0 Å². The Kier molecular flexibility index (Phi) is 7.85. The quantitative estimate of drug-likeness (QED) is 0.311. The van der Waals surface area contributed by atoms with E-state index in [1.165, 1.54) is 0 Å². The zero-order valence-corrected chi connectivity index (χ0v) is 18.7. The van der Waals surface area contributed by atoms with Crippen LogP contribution in [-0.2, 0) is 0 Å². The molecular weight excluding hydrogens is 384 g/mol. The number of ketones is 1. The van der Waals surface area contributed by atoms with E-state index >= 15 is 0 Å². The molecule has 0 saturated heterocycles. The Hall–Kier alpha value is -3.11. The smallest absolute Gasteiger partial charge is 0.160 e. The van der Waals surface area contributed by atoms with Gasteiger partial charge >= 0.3 is 0 Å². The Labute approximate surface area is 185 Å². The Bertz CT molecular complexity index is 1010. The molecule has 3 aromatic rings. The van der Waals surface area contributed by atoms with Crippen molar-refractivity contribution >= 4 is 11.5 Å². The minimum atomic E-state index is -0.0227. The van der Waals surface area contributed by atoms with Crippen molar-refractivity contribution in [3.05, 3.63) is 72.3 Å². The summed E-state index contributed by atoms with van der Waals surface area (Å²) in [6.07, 6.45) is 1.14. The molecule has 0 aromatic heterocycles. The van der Waals surface area contributed by atoms with Gasteiger partial charge in [-0.25, -0.2) is 0 Å². The maximum absolute atomic E-state index is 12.3. The summed E-state index contributed by atoms with van der Waals surface area (Å²) in [6, 6.07) is 21.4. The predicted octanol–water partition coefficient (Wildman–Crippen LogP) is 6.07. The lowest BCUT2D eigenvalue weighted by atomic mass is 9.92. The number of likely N-dealkylation sites (N-methyl/N-ethyl adjacent to an activating group) is 1. The van der Waals surface area contributed by atoms with Crippen molar-refractivity contribution in [1.29, 1.82) is 0 Å². The molecule has 0 aliphatic carbocycles. The van der Waals surface area contributed by atoms with Gasteiger partial charge in [0.15, 0.2) is 5.78 Å². The summed E-state index contributed by atoms with van der Waals surface area (Å²) in [4.78, 5) is 14.7. The highest BCUT2D eigenvalue weighted by Crippen LogP contribution is 2.36. The standard InChI is InChI=1S/C27H32N2O2/c1-4-16-29(5-2)17-15-28-23-12-14-27(31)26(19-23)25-18-22(11-13-24(25)20(3)30)21-9-7-6-8-10-21/h6-14,18-19,28,31H,4-5,15-17H2,1-3H3. The molecule has 162 valence electrons. The number of phenols is 1. The minimum absolute atomic E-state index is 0.0227. The van der Waals surface area contributed by atoms with Crippen LogP contribution in [0.1, 0.15) is 37.6 Å². The first kappa shape index (κ1) is 22.6. The lowest BCUT2D eigenvalue weighted by Gasteiger charge is -2.20. The van der Waals surface area contributed by atoms with Gasteiger partial charge in [0.25, 0.3) is 0 Å². The maximum Gasteiger partial charge on any atom is 0.160 e. The van der Waals surface area contributed by atoms with Gasteiger partial charge in [-0.05, 0) is 67.4 Å². The molecule has 0 radical (unpaired) electrons. The van der Waals surface area contributed by atoms with Crippen LogP contribution in [0.15, 0.2) is 66.7 Å². The highest BCUT2D eigenvalue weighted by Gasteiger charge is 2.15.